The molecular weight excluding hydrogens is 318 g/mol. The number of hydrogen-bond donors (Lipinski definition) is 1. The minimum atomic E-state index is -0.294. The molecule has 1 aliphatic rings. The molecule has 1 saturated heterocycles. The molecule has 2 aromatic rings. The average molecular weight is 337 g/mol. The van der Waals surface area contributed by atoms with Gasteiger partial charge in [0.1, 0.15) is 12.3 Å². The second-order valence-electron chi connectivity index (χ2n) is 5.34. The normalized spacial score (nSPS) is 18.9. The molecule has 1 aliphatic heterocycles. The lowest BCUT2D eigenvalue weighted by Gasteiger charge is -2.14. The molecule has 1 fully saturated rings. The Balaban J connectivity index is 1.51. The summed E-state index contributed by atoms with van der Waals surface area (Å²) < 4.78 is 12.4. The Morgan fingerprint density at radius 3 is 3.26 bits per heavy atom. The van der Waals surface area contributed by atoms with E-state index in [4.69, 9.17) is 9.15 Å². The molecule has 0 bridgehead atoms. The van der Waals surface area contributed by atoms with Crippen LogP contribution < -0.4 is 5.32 Å². The Labute approximate surface area is 137 Å². The lowest BCUT2D eigenvalue weighted by atomic mass is 10.2. The van der Waals surface area contributed by atoms with Gasteiger partial charge in [-0.3, -0.25) is 4.79 Å². The summed E-state index contributed by atoms with van der Waals surface area (Å²) in [7, 11) is 0. The maximum absolute atomic E-state index is 12.2. The number of nitrogens with zero attached hydrogens (tertiary/aromatic N) is 4. The topological polar surface area (TPSA) is 95.1 Å². The summed E-state index contributed by atoms with van der Waals surface area (Å²) in [6.07, 6.45) is 3.81. The number of aromatic nitrogens is 4. The van der Waals surface area contributed by atoms with E-state index in [1.807, 2.05) is 19.1 Å². The van der Waals surface area contributed by atoms with E-state index in [0.29, 0.717) is 18.2 Å². The molecule has 1 amide bonds. The largest absolute Gasteiger partial charge is 0.467 e. The third kappa shape index (κ3) is 4.32. The maximum atomic E-state index is 12.2. The van der Waals surface area contributed by atoms with Crippen LogP contribution in [0.2, 0.25) is 0 Å². The average Bonchev–Trinajstić information content (AvgIpc) is 3.28. The van der Waals surface area contributed by atoms with E-state index < -0.39 is 0 Å². The van der Waals surface area contributed by atoms with E-state index in [9.17, 15) is 4.79 Å². The maximum Gasteiger partial charge on any atom is 0.233 e. The first-order chi connectivity index (χ1) is 11.2. The van der Waals surface area contributed by atoms with E-state index in [2.05, 4.69) is 20.8 Å². The van der Waals surface area contributed by atoms with Gasteiger partial charge in [-0.15, -0.1) is 5.10 Å². The lowest BCUT2D eigenvalue weighted by molar-refractivity contribution is -0.120. The van der Waals surface area contributed by atoms with Crippen molar-refractivity contribution in [2.75, 3.05) is 13.2 Å². The molecule has 1 N–H and O–H groups in total. The number of nitrogens with one attached hydrogen (secondary N) is 1. The molecule has 2 atom stereocenters. The molecule has 0 aliphatic carbocycles. The fourth-order valence-electron chi connectivity index (χ4n) is 2.31. The van der Waals surface area contributed by atoms with Crippen molar-refractivity contribution in [3.05, 3.63) is 24.2 Å². The summed E-state index contributed by atoms with van der Waals surface area (Å²) >= 11 is 1.32. The quantitative estimate of drug-likeness (QED) is 0.756. The van der Waals surface area contributed by atoms with Crippen LogP contribution in [0.4, 0.5) is 0 Å². The fraction of sp³-hybridized carbons (Fsp3) is 0.571. The standard InChI is InChI=1S/C14H19N5O3S/c1-10(13(20)15-8-11-4-2-6-21-11)23-14-16-17-18-19(14)9-12-5-3-7-22-12/h3,5,7,10-11H,2,4,6,8-9H2,1H3,(H,15,20)/t10-,11-/m0/s1. The van der Waals surface area contributed by atoms with Crippen LogP contribution in [0.25, 0.3) is 0 Å². The number of tetrazole rings is 1. The summed E-state index contributed by atoms with van der Waals surface area (Å²) in [5.74, 6) is 0.715. The van der Waals surface area contributed by atoms with Gasteiger partial charge in [0.15, 0.2) is 0 Å². The van der Waals surface area contributed by atoms with E-state index in [1.165, 1.54) is 11.8 Å². The second-order valence-corrected chi connectivity index (χ2v) is 6.65. The van der Waals surface area contributed by atoms with Gasteiger partial charge in [0.25, 0.3) is 0 Å². The zero-order valence-corrected chi connectivity index (χ0v) is 13.7. The van der Waals surface area contributed by atoms with Gasteiger partial charge in [0, 0.05) is 13.2 Å². The number of carbonyl (C=O) groups excluding carboxylic acids is 1. The molecule has 3 rings (SSSR count). The Kier molecular flexibility index (Phi) is 5.29. The van der Waals surface area contributed by atoms with Crippen LogP contribution in [0.15, 0.2) is 28.0 Å². The van der Waals surface area contributed by atoms with Crippen LogP contribution in [-0.2, 0) is 16.1 Å². The summed E-state index contributed by atoms with van der Waals surface area (Å²) in [5.41, 5.74) is 0. The molecule has 0 spiro atoms. The van der Waals surface area contributed by atoms with E-state index >= 15 is 0 Å². The van der Waals surface area contributed by atoms with Crippen LogP contribution in [0, 0.1) is 0 Å². The van der Waals surface area contributed by atoms with Gasteiger partial charge in [-0.25, -0.2) is 4.68 Å². The minimum absolute atomic E-state index is 0.0435. The molecule has 23 heavy (non-hydrogen) atoms. The molecule has 0 radical (unpaired) electrons. The fourth-order valence-corrected chi connectivity index (χ4v) is 3.12. The molecule has 8 nitrogen and oxygen atoms in total. The van der Waals surface area contributed by atoms with Crippen LogP contribution in [0.1, 0.15) is 25.5 Å². The Morgan fingerprint density at radius 2 is 2.52 bits per heavy atom. The SMILES string of the molecule is C[C@H](Sc1nnnn1Cc1ccco1)C(=O)NC[C@@H]1CCCO1. The van der Waals surface area contributed by atoms with Crippen LogP contribution in [0.5, 0.6) is 0 Å². The first kappa shape index (κ1) is 16.0. The van der Waals surface area contributed by atoms with Crippen molar-refractivity contribution in [2.24, 2.45) is 0 Å². The van der Waals surface area contributed by atoms with Gasteiger partial charge < -0.3 is 14.5 Å². The molecule has 3 heterocycles. The Bertz CT molecular complexity index is 624. The van der Waals surface area contributed by atoms with Gasteiger partial charge in [0.05, 0.1) is 17.6 Å². The molecule has 0 unspecified atom stereocenters. The van der Waals surface area contributed by atoms with Gasteiger partial charge in [-0.1, -0.05) is 11.8 Å². The van der Waals surface area contributed by atoms with Gasteiger partial charge in [-0.05, 0) is 42.3 Å². The highest BCUT2D eigenvalue weighted by Gasteiger charge is 2.21. The highest BCUT2D eigenvalue weighted by atomic mass is 32.2. The monoisotopic (exact) mass is 337 g/mol. The third-order valence-electron chi connectivity index (χ3n) is 3.56. The van der Waals surface area contributed by atoms with Crippen LogP contribution in [-0.4, -0.2) is 50.6 Å². The van der Waals surface area contributed by atoms with Crippen LogP contribution in [0.3, 0.4) is 0 Å². The minimum Gasteiger partial charge on any atom is -0.467 e. The second kappa shape index (κ2) is 7.60. The van der Waals surface area contributed by atoms with Gasteiger partial charge in [0.2, 0.25) is 11.1 Å². The summed E-state index contributed by atoms with van der Waals surface area (Å²) in [6.45, 7) is 3.61. The van der Waals surface area contributed by atoms with Gasteiger partial charge in [-0.2, -0.15) is 0 Å². The number of rotatable bonds is 7. The van der Waals surface area contributed by atoms with Crippen molar-refractivity contribution in [3.8, 4) is 0 Å². The Morgan fingerprint density at radius 1 is 1.61 bits per heavy atom. The molecule has 2 aromatic heterocycles. The predicted molar refractivity (Wildman–Crippen MR) is 82.9 cm³/mol. The predicted octanol–water partition coefficient (Wildman–Crippen LogP) is 1.09. The number of amides is 1. The van der Waals surface area contributed by atoms with Crippen molar-refractivity contribution >= 4 is 17.7 Å². The van der Waals surface area contributed by atoms with Crippen LogP contribution >= 0.6 is 11.8 Å². The van der Waals surface area contributed by atoms with Crippen molar-refractivity contribution in [1.82, 2.24) is 25.5 Å². The first-order valence-electron chi connectivity index (χ1n) is 7.57. The molecule has 124 valence electrons. The Hall–Kier alpha value is -1.87. The zero-order valence-electron chi connectivity index (χ0n) is 12.8. The van der Waals surface area contributed by atoms with Crippen molar-refractivity contribution in [3.63, 3.8) is 0 Å². The van der Waals surface area contributed by atoms with Crippen molar-refractivity contribution in [1.29, 1.82) is 0 Å². The number of hydrogen-bond acceptors (Lipinski definition) is 7. The number of ether oxygens (including phenoxy) is 1. The molecular formula is C14H19N5O3S. The number of carbonyl (C=O) groups is 1. The third-order valence-corrected chi connectivity index (χ3v) is 4.63. The number of thioether (sulfide) groups is 1. The van der Waals surface area contributed by atoms with Gasteiger partial charge >= 0.3 is 0 Å². The van der Waals surface area contributed by atoms with Crippen molar-refractivity contribution in [2.45, 2.75) is 42.8 Å². The summed E-state index contributed by atoms with van der Waals surface area (Å²) in [4.78, 5) is 12.2. The highest BCUT2D eigenvalue weighted by molar-refractivity contribution is 8.00. The molecule has 9 heteroatoms. The molecule has 0 saturated carbocycles. The summed E-state index contributed by atoms with van der Waals surface area (Å²) in [5, 5.41) is 14.8. The zero-order chi connectivity index (χ0) is 16.1. The van der Waals surface area contributed by atoms with Crippen molar-refractivity contribution < 1.29 is 13.9 Å². The smallest absolute Gasteiger partial charge is 0.233 e. The number of furan rings is 1. The lowest BCUT2D eigenvalue weighted by Crippen LogP contribution is -2.36. The molecule has 0 aromatic carbocycles. The van der Waals surface area contributed by atoms with E-state index in [-0.39, 0.29) is 17.3 Å². The van der Waals surface area contributed by atoms with E-state index in [1.54, 1.807) is 10.9 Å². The first-order valence-corrected chi connectivity index (χ1v) is 8.45. The highest BCUT2D eigenvalue weighted by Crippen LogP contribution is 2.21. The summed E-state index contributed by atoms with van der Waals surface area (Å²) in [6, 6.07) is 3.67. The van der Waals surface area contributed by atoms with E-state index in [0.717, 1.165) is 25.2 Å².